The predicted molar refractivity (Wildman–Crippen MR) is 87.7 cm³/mol. The van der Waals surface area contributed by atoms with E-state index in [1.54, 1.807) is 36.1 Å². The Kier molecular flexibility index (Phi) is 5.09. The molecule has 0 radical (unpaired) electrons. The van der Waals surface area contributed by atoms with Gasteiger partial charge in [-0.05, 0) is 46.8 Å². The third kappa shape index (κ3) is 4.55. The molecular formula is C18H25NO4. The van der Waals surface area contributed by atoms with Gasteiger partial charge in [0.15, 0.2) is 11.9 Å². The van der Waals surface area contributed by atoms with E-state index in [0.29, 0.717) is 24.4 Å². The fourth-order valence-electron chi connectivity index (χ4n) is 2.92. The van der Waals surface area contributed by atoms with E-state index >= 15 is 0 Å². The second kappa shape index (κ2) is 6.71. The van der Waals surface area contributed by atoms with Crippen molar-refractivity contribution in [3.05, 3.63) is 29.8 Å². The fraction of sp³-hybridized carbons (Fsp3) is 0.556. The number of carbonyl (C=O) groups is 2. The zero-order valence-electron chi connectivity index (χ0n) is 14.5. The van der Waals surface area contributed by atoms with E-state index in [2.05, 4.69) is 0 Å². The molecule has 0 aromatic heterocycles. The standard InChI is InChI=1S/C18H25NO4/c1-12-10-19(11-18(4,5)23-12)17(21)14(3)22-16-8-6-7-15(9-16)13(2)20/h6-9,12,14H,10-11H2,1-5H3/t12-,14+/m0/s1. The lowest BCUT2D eigenvalue weighted by Gasteiger charge is -2.42. The van der Waals surface area contributed by atoms with Gasteiger partial charge in [-0.25, -0.2) is 0 Å². The molecule has 23 heavy (non-hydrogen) atoms. The molecule has 0 spiro atoms. The third-order valence-corrected chi connectivity index (χ3v) is 3.78. The zero-order valence-corrected chi connectivity index (χ0v) is 14.5. The minimum absolute atomic E-state index is 0.00376. The van der Waals surface area contributed by atoms with Crippen molar-refractivity contribution in [3.8, 4) is 5.75 Å². The summed E-state index contributed by atoms with van der Waals surface area (Å²) in [6.07, 6.45) is -0.616. The monoisotopic (exact) mass is 319 g/mol. The maximum atomic E-state index is 12.6. The van der Waals surface area contributed by atoms with Crippen molar-refractivity contribution in [2.75, 3.05) is 13.1 Å². The molecule has 1 fully saturated rings. The number of benzene rings is 1. The van der Waals surface area contributed by atoms with Crippen molar-refractivity contribution in [2.24, 2.45) is 0 Å². The Morgan fingerprint density at radius 2 is 2.09 bits per heavy atom. The number of hydrogen-bond donors (Lipinski definition) is 0. The quantitative estimate of drug-likeness (QED) is 0.801. The largest absolute Gasteiger partial charge is 0.481 e. The summed E-state index contributed by atoms with van der Waals surface area (Å²) in [5.41, 5.74) is 0.213. The van der Waals surface area contributed by atoms with Gasteiger partial charge < -0.3 is 14.4 Å². The van der Waals surface area contributed by atoms with Crippen LogP contribution in [0.3, 0.4) is 0 Å². The molecule has 1 aliphatic heterocycles. The van der Waals surface area contributed by atoms with Crippen molar-refractivity contribution in [2.45, 2.75) is 52.4 Å². The van der Waals surface area contributed by atoms with Gasteiger partial charge in [0.1, 0.15) is 5.75 Å². The minimum Gasteiger partial charge on any atom is -0.481 e. The van der Waals surface area contributed by atoms with Gasteiger partial charge in [0.25, 0.3) is 5.91 Å². The van der Waals surface area contributed by atoms with E-state index in [4.69, 9.17) is 9.47 Å². The van der Waals surface area contributed by atoms with Crippen LogP contribution in [0.15, 0.2) is 24.3 Å². The summed E-state index contributed by atoms with van der Waals surface area (Å²) in [6, 6.07) is 6.90. The molecule has 0 N–H and O–H groups in total. The van der Waals surface area contributed by atoms with Crippen molar-refractivity contribution < 1.29 is 19.1 Å². The lowest BCUT2D eigenvalue weighted by atomic mass is 10.0. The van der Waals surface area contributed by atoms with Crippen LogP contribution in [0.25, 0.3) is 0 Å². The van der Waals surface area contributed by atoms with Crippen LogP contribution in [0.2, 0.25) is 0 Å². The van der Waals surface area contributed by atoms with Crippen LogP contribution < -0.4 is 4.74 Å². The molecule has 1 aromatic rings. The Balaban J connectivity index is 2.05. The second-order valence-corrected chi connectivity index (χ2v) is 6.75. The van der Waals surface area contributed by atoms with Crippen LogP contribution in [-0.2, 0) is 9.53 Å². The maximum Gasteiger partial charge on any atom is 0.263 e. The summed E-state index contributed by atoms with van der Waals surface area (Å²) in [6.45, 7) is 10.3. The normalized spacial score (nSPS) is 21.6. The number of ether oxygens (including phenoxy) is 2. The Labute approximate surface area is 137 Å². The predicted octanol–water partition coefficient (Wildman–Crippen LogP) is 2.68. The summed E-state index contributed by atoms with van der Waals surface area (Å²) >= 11 is 0. The molecule has 5 heteroatoms. The van der Waals surface area contributed by atoms with Crippen molar-refractivity contribution in [3.63, 3.8) is 0 Å². The topological polar surface area (TPSA) is 55.8 Å². The number of hydrogen-bond acceptors (Lipinski definition) is 4. The molecule has 1 aromatic carbocycles. The molecule has 1 amide bonds. The smallest absolute Gasteiger partial charge is 0.263 e. The average Bonchev–Trinajstić information content (AvgIpc) is 2.44. The van der Waals surface area contributed by atoms with E-state index in [9.17, 15) is 9.59 Å². The van der Waals surface area contributed by atoms with E-state index in [1.807, 2.05) is 20.8 Å². The molecule has 0 aliphatic carbocycles. The highest BCUT2D eigenvalue weighted by Gasteiger charge is 2.35. The lowest BCUT2D eigenvalue weighted by Crippen LogP contribution is -2.56. The van der Waals surface area contributed by atoms with Crippen molar-refractivity contribution in [1.29, 1.82) is 0 Å². The molecule has 2 atom stereocenters. The highest BCUT2D eigenvalue weighted by atomic mass is 16.5. The summed E-state index contributed by atoms with van der Waals surface area (Å²) in [5, 5.41) is 0. The number of morpholine rings is 1. The summed E-state index contributed by atoms with van der Waals surface area (Å²) in [5.74, 6) is 0.429. The van der Waals surface area contributed by atoms with Crippen molar-refractivity contribution >= 4 is 11.7 Å². The molecule has 0 bridgehead atoms. The van der Waals surface area contributed by atoms with Crippen LogP contribution in [0.4, 0.5) is 0 Å². The van der Waals surface area contributed by atoms with Gasteiger partial charge >= 0.3 is 0 Å². The third-order valence-electron chi connectivity index (χ3n) is 3.78. The first kappa shape index (κ1) is 17.5. The first-order valence-electron chi connectivity index (χ1n) is 7.92. The minimum atomic E-state index is -0.613. The van der Waals surface area contributed by atoms with E-state index < -0.39 is 6.10 Å². The SMILES string of the molecule is CC(=O)c1cccc(O[C@H](C)C(=O)N2C[C@H](C)OC(C)(C)C2)c1. The highest BCUT2D eigenvalue weighted by molar-refractivity contribution is 5.94. The first-order valence-corrected chi connectivity index (χ1v) is 7.92. The molecule has 0 saturated carbocycles. The highest BCUT2D eigenvalue weighted by Crippen LogP contribution is 2.22. The molecule has 1 aliphatic rings. The number of ketones is 1. The van der Waals surface area contributed by atoms with Crippen LogP contribution in [0.1, 0.15) is 45.0 Å². The van der Waals surface area contributed by atoms with Crippen LogP contribution >= 0.6 is 0 Å². The number of nitrogens with zero attached hydrogens (tertiary/aromatic N) is 1. The van der Waals surface area contributed by atoms with Gasteiger partial charge in [-0.1, -0.05) is 12.1 Å². The molecule has 126 valence electrons. The van der Waals surface area contributed by atoms with E-state index in [1.165, 1.54) is 6.92 Å². The molecule has 2 rings (SSSR count). The molecular weight excluding hydrogens is 294 g/mol. The summed E-state index contributed by atoms with van der Waals surface area (Å²) < 4.78 is 11.6. The second-order valence-electron chi connectivity index (χ2n) is 6.75. The Hall–Kier alpha value is -1.88. The van der Waals surface area contributed by atoms with Crippen LogP contribution in [-0.4, -0.2) is 47.5 Å². The molecule has 1 heterocycles. The Morgan fingerprint density at radius 1 is 1.39 bits per heavy atom. The summed E-state index contributed by atoms with van der Waals surface area (Å²) in [7, 11) is 0. The Bertz CT molecular complexity index is 596. The van der Waals surface area contributed by atoms with Gasteiger partial charge in [-0.3, -0.25) is 9.59 Å². The number of carbonyl (C=O) groups excluding carboxylic acids is 2. The van der Waals surface area contributed by atoms with Gasteiger partial charge in [-0.2, -0.15) is 0 Å². The fourth-order valence-corrected chi connectivity index (χ4v) is 2.92. The summed E-state index contributed by atoms with van der Waals surface area (Å²) in [4.78, 5) is 25.8. The lowest BCUT2D eigenvalue weighted by molar-refractivity contribution is -0.163. The molecule has 5 nitrogen and oxygen atoms in total. The van der Waals surface area contributed by atoms with Gasteiger partial charge in [0, 0.05) is 18.7 Å². The van der Waals surface area contributed by atoms with Gasteiger partial charge in [0.2, 0.25) is 0 Å². The van der Waals surface area contributed by atoms with Crippen molar-refractivity contribution in [1.82, 2.24) is 4.90 Å². The van der Waals surface area contributed by atoms with Gasteiger partial charge in [-0.15, -0.1) is 0 Å². The van der Waals surface area contributed by atoms with Crippen LogP contribution in [0.5, 0.6) is 5.75 Å². The van der Waals surface area contributed by atoms with E-state index in [0.717, 1.165) is 0 Å². The zero-order chi connectivity index (χ0) is 17.2. The van der Waals surface area contributed by atoms with Crippen LogP contribution in [0, 0.1) is 0 Å². The maximum absolute atomic E-state index is 12.6. The van der Waals surface area contributed by atoms with E-state index in [-0.39, 0.29) is 23.4 Å². The first-order chi connectivity index (χ1) is 10.7. The number of amides is 1. The van der Waals surface area contributed by atoms with Gasteiger partial charge in [0.05, 0.1) is 11.7 Å². The average molecular weight is 319 g/mol. The number of Topliss-reactive ketones (excluding diaryl/α,β-unsaturated/α-hetero) is 1. The molecule has 0 unspecified atom stereocenters. The molecule has 1 saturated heterocycles. The number of rotatable bonds is 4. The Morgan fingerprint density at radius 3 is 2.70 bits per heavy atom.